The maximum absolute atomic E-state index is 5.90. The van der Waals surface area contributed by atoms with Gasteiger partial charge in [-0.1, -0.05) is 18.2 Å². The largest absolute Gasteiger partial charge is 0.339 e. The van der Waals surface area contributed by atoms with Gasteiger partial charge in [-0.25, -0.2) is 0 Å². The SMILES string of the molecule is ClCCn1c2ccccc2c2cc(I)ccc21. The Bertz CT molecular complexity index is 687. The molecule has 0 aliphatic rings. The number of hydrogen-bond donors (Lipinski definition) is 0. The summed E-state index contributed by atoms with van der Waals surface area (Å²) >= 11 is 8.26. The van der Waals surface area contributed by atoms with Crippen molar-refractivity contribution in [2.45, 2.75) is 6.54 Å². The average molecular weight is 356 g/mol. The number of halogens is 2. The fourth-order valence-corrected chi connectivity index (χ4v) is 3.01. The van der Waals surface area contributed by atoms with Gasteiger partial charge in [-0.15, -0.1) is 11.6 Å². The van der Waals surface area contributed by atoms with E-state index in [0.29, 0.717) is 5.88 Å². The van der Waals surface area contributed by atoms with E-state index in [0.717, 1.165) is 6.54 Å². The molecule has 0 unspecified atom stereocenters. The number of aromatic nitrogens is 1. The summed E-state index contributed by atoms with van der Waals surface area (Å²) in [5, 5.41) is 2.63. The van der Waals surface area contributed by atoms with Crippen molar-refractivity contribution in [2.75, 3.05) is 5.88 Å². The van der Waals surface area contributed by atoms with E-state index in [9.17, 15) is 0 Å². The summed E-state index contributed by atoms with van der Waals surface area (Å²) in [4.78, 5) is 0. The second-order valence-electron chi connectivity index (χ2n) is 4.02. The summed E-state index contributed by atoms with van der Waals surface area (Å²) in [5.41, 5.74) is 2.54. The van der Waals surface area contributed by atoms with Crippen molar-refractivity contribution in [3.8, 4) is 0 Å². The molecule has 1 heterocycles. The van der Waals surface area contributed by atoms with E-state index in [-0.39, 0.29) is 0 Å². The Kier molecular flexibility index (Phi) is 3.01. The summed E-state index contributed by atoms with van der Waals surface area (Å²) in [6.45, 7) is 0.853. The lowest BCUT2D eigenvalue weighted by Gasteiger charge is -2.03. The molecular weight excluding hydrogens is 345 g/mol. The molecule has 3 rings (SSSR count). The second-order valence-corrected chi connectivity index (χ2v) is 5.64. The molecule has 0 fully saturated rings. The number of para-hydroxylation sites is 1. The van der Waals surface area contributed by atoms with E-state index in [1.807, 2.05) is 0 Å². The molecule has 0 saturated carbocycles. The van der Waals surface area contributed by atoms with Crippen molar-refractivity contribution in [3.05, 3.63) is 46.0 Å². The number of benzene rings is 2. The van der Waals surface area contributed by atoms with Gasteiger partial charge in [0.25, 0.3) is 0 Å². The van der Waals surface area contributed by atoms with Crippen LogP contribution in [0.1, 0.15) is 0 Å². The van der Waals surface area contributed by atoms with Crippen LogP contribution in [0.3, 0.4) is 0 Å². The van der Waals surface area contributed by atoms with Gasteiger partial charge >= 0.3 is 0 Å². The maximum Gasteiger partial charge on any atom is 0.0492 e. The molecule has 0 amide bonds. The molecule has 0 bridgehead atoms. The van der Waals surface area contributed by atoms with Gasteiger partial charge in [-0.2, -0.15) is 0 Å². The average Bonchev–Trinajstić information content (AvgIpc) is 2.65. The first-order valence-electron chi connectivity index (χ1n) is 5.54. The van der Waals surface area contributed by atoms with Gasteiger partial charge in [0.05, 0.1) is 0 Å². The minimum atomic E-state index is 0.639. The second kappa shape index (κ2) is 4.50. The van der Waals surface area contributed by atoms with Crippen molar-refractivity contribution in [1.82, 2.24) is 4.57 Å². The summed E-state index contributed by atoms with van der Waals surface area (Å²) in [6.07, 6.45) is 0. The molecule has 3 heteroatoms. The zero-order valence-corrected chi connectivity index (χ0v) is 12.1. The number of hydrogen-bond acceptors (Lipinski definition) is 0. The molecule has 0 aliphatic heterocycles. The molecular formula is C14H11ClIN. The van der Waals surface area contributed by atoms with Crippen LogP contribution in [0.25, 0.3) is 21.8 Å². The van der Waals surface area contributed by atoms with Crippen molar-refractivity contribution in [2.24, 2.45) is 0 Å². The molecule has 17 heavy (non-hydrogen) atoms. The Labute approximate surface area is 119 Å². The number of rotatable bonds is 2. The van der Waals surface area contributed by atoms with Crippen LogP contribution < -0.4 is 0 Å². The molecule has 1 nitrogen and oxygen atoms in total. The van der Waals surface area contributed by atoms with E-state index in [1.165, 1.54) is 25.4 Å². The molecule has 0 spiro atoms. The van der Waals surface area contributed by atoms with Gasteiger partial charge in [0.15, 0.2) is 0 Å². The van der Waals surface area contributed by atoms with Crippen LogP contribution in [-0.2, 0) is 6.54 Å². The number of alkyl halides is 1. The van der Waals surface area contributed by atoms with E-state index < -0.39 is 0 Å². The zero-order valence-electron chi connectivity index (χ0n) is 9.16. The highest BCUT2D eigenvalue weighted by Gasteiger charge is 2.09. The molecule has 1 aromatic heterocycles. The van der Waals surface area contributed by atoms with Crippen LogP contribution >= 0.6 is 34.2 Å². The van der Waals surface area contributed by atoms with Gasteiger partial charge in [-0.3, -0.25) is 0 Å². The Morgan fingerprint density at radius 1 is 1.00 bits per heavy atom. The third kappa shape index (κ3) is 1.83. The smallest absolute Gasteiger partial charge is 0.0492 e. The molecule has 3 aromatic rings. The van der Waals surface area contributed by atoms with Gasteiger partial charge in [0, 0.05) is 37.8 Å². The van der Waals surface area contributed by atoms with Crippen molar-refractivity contribution >= 4 is 56.0 Å². The lowest BCUT2D eigenvalue weighted by Crippen LogP contribution is -1.97. The Morgan fingerprint density at radius 2 is 1.76 bits per heavy atom. The lowest BCUT2D eigenvalue weighted by atomic mass is 10.2. The Hall–Kier alpha value is -0.740. The minimum absolute atomic E-state index is 0.639. The Morgan fingerprint density at radius 3 is 2.59 bits per heavy atom. The van der Waals surface area contributed by atoms with Crippen LogP contribution in [0.4, 0.5) is 0 Å². The van der Waals surface area contributed by atoms with Crippen molar-refractivity contribution in [1.29, 1.82) is 0 Å². The number of nitrogens with zero attached hydrogens (tertiary/aromatic N) is 1. The first-order valence-corrected chi connectivity index (χ1v) is 7.15. The predicted molar refractivity (Wildman–Crippen MR) is 82.9 cm³/mol. The summed E-state index contributed by atoms with van der Waals surface area (Å²) in [7, 11) is 0. The molecule has 0 saturated heterocycles. The van der Waals surface area contributed by atoms with E-state index >= 15 is 0 Å². The standard InChI is InChI=1S/C14H11ClIN/c15-7-8-17-13-4-2-1-3-11(13)12-9-10(16)5-6-14(12)17/h1-6,9H,7-8H2. The van der Waals surface area contributed by atoms with Crippen LogP contribution in [-0.4, -0.2) is 10.4 Å². The van der Waals surface area contributed by atoms with E-state index in [4.69, 9.17) is 11.6 Å². The normalized spacial score (nSPS) is 11.4. The van der Waals surface area contributed by atoms with Crippen molar-refractivity contribution in [3.63, 3.8) is 0 Å². The summed E-state index contributed by atoms with van der Waals surface area (Å²) in [6, 6.07) is 15.1. The van der Waals surface area contributed by atoms with E-state index in [1.54, 1.807) is 0 Å². The van der Waals surface area contributed by atoms with Crippen LogP contribution in [0.15, 0.2) is 42.5 Å². The summed E-state index contributed by atoms with van der Waals surface area (Å²) in [5.74, 6) is 0.639. The van der Waals surface area contributed by atoms with Crippen molar-refractivity contribution < 1.29 is 0 Å². The van der Waals surface area contributed by atoms with Gasteiger partial charge < -0.3 is 4.57 Å². The van der Waals surface area contributed by atoms with Gasteiger partial charge in [0.1, 0.15) is 0 Å². The lowest BCUT2D eigenvalue weighted by molar-refractivity contribution is 0.834. The molecule has 0 atom stereocenters. The van der Waals surface area contributed by atoms with Gasteiger partial charge in [0.2, 0.25) is 0 Å². The molecule has 0 aliphatic carbocycles. The first kappa shape index (κ1) is 11.4. The highest BCUT2D eigenvalue weighted by molar-refractivity contribution is 14.1. The fraction of sp³-hybridized carbons (Fsp3) is 0.143. The molecule has 0 N–H and O–H groups in total. The third-order valence-electron chi connectivity index (χ3n) is 3.04. The highest BCUT2D eigenvalue weighted by Crippen LogP contribution is 2.30. The highest BCUT2D eigenvalue weighted by atomic mass is 127. The molecule has 86 valence electrons. The molecule has 0 radical (unpaired) electrons. The van der Waals surface area contributed by atoms with E-state index in [2.05, 4.69) is 69.6 Å². The summed E-state index contributed by atoms with van der Waals surface area (Å²) < 4.78 is 3.57. The van der Waals surface area contributed by atoms with Crippen LogP contribution in [0.5, 0.6) is 0 Å². The fourth-order valence-electron chi connectivity index (χ4n) is 2.35. The Balaban J connectivity index is 2.48. The van der Waals surface area contributed by atoms with Gasteiger partial charge in [-0.05, 0) is 46.9 Å². The predicted octanol–water partition coefficient (Wildman–Crippen LogP) is 4.64. The monoisotopic (exact) mass is 355 g/mol. The molecule has 2 aromatic carbocycles. The van der Waals surface area contributed by atoms with Crippen LogP contribution in [0, 0.1) is 3.57 Å². The minimum Gasteiger partial charge on any atom is -0.339 e. The number of aryl methyl sites for hydroxylation is 1. The third-order valence-corrected chi connectivity index (χ3v) is 3.88. The maximum atomic E-state index is 5.90. The topological polar surface area (TPSA) is 4.93 Å². The first-order chi connectivity index (χ1) is 8.31. The quantitative estimate of drug-likeness (QED) is 0.466. The number of fused-ring (bicyclic) bond motifs is 3. The van der Waals surface area contributed by atoms with Crippen LogP contribution in [0.2, 0.25) is 0 Å². The zero-order chi connectivity index (χ0) is 11.8.